The molecule has 5 nitrogen and oxygen atoms in total. The van der Waals surface area contributed by atoms with Crippen LogP contribution in [0.2, 0.25) is 0 Å². The highest BCUT2D eigenvalue weighted by molar-refractivity contribution is 5.85. The van der Waals surface area contributed by atoms with Gasteiger partial charge in [-0.15, -0.1) is 24.8 Å². The maximum absolute atomic E-state index is 12.0. The SMILES string of the molecule is COCCCN1CCC(NC(=O)[C@@H]2CCCN2)CC1.Cl.Cl. The van der Waals surface area contributed by atoms with Gasteiger partial charge in [0.25, 0.3) is 0 Å². The number of halogens is 2. The van der Waals surface area contributed by atoms with Crippen molar-refractivity contribution in [2.45, 2.75) is 44.2 Å². The number of carbonyl (C=O) groups excluding carboxylic acids is 1. The maximum atomic E-state index is 12.0. The summed E-state index contributed by atoms with van der Waals surface area (Å²) in [4.78, 5) is 14.5. The molecule has 21 heavy (non-hydrogen) atoms. The predicted molar refractivity (Wildman–Crippen MR) is 89.6 cm³/mol. The molecular weight excluding hydrogens is 313 g/mol. The van der Waals surface area contributed by atoms with Crippen LogP contribution in [0.5, 0.6) is 0 Å². The van der Waals surface area contributed by atoms with E-state index in [0.717, 1.165) is 64.9 Å². The van der Waals surface area contributed by atoms with Gasteiger partial charge in [0.05, 0.1) is 6.04 Å². The van der Waals surface area contributed by atoms with Gasteiger partial charge in [-0.25, -0.2) is 0 Å². The second-order valence-corrected chi connectivity index (χ2v) is 5.62. The fraction of sp³-hybridized carbons (Fsp3) is 0.929. The van der Waals surface area contributed by atoms with Gasteiger partial charge in [0.1, 0.15) is 0 Å². The second-order valence-electron chi connectivity index (χ2n) is 5.62. The van der Waals surface area contributed by atoms with Crippen LogP contribution in [0.1, 0.15) is 32.1 Å². The molecule has 2 aliphatic heterocycles. The first-order valence-electron chi connectivity index (χ1n) is 7.54. The van der Waals surface area contributed by atoms with Crippen LogP contribution in [-0.4, -0.2) is 62.8 Å². The number of rotatable bonds is 6. The number of nitrogens with zero attached hydrogens (tertiary/aromatic N) is 1. The molecule has 0 unspecified atom stereocenters. The number of hydrogen-bond acceptors (Lipinski definition) is 4. The van der Waals surface area contributed by atoms with Crippen LogP contribution in [0.3, 0.4) is 0 Å². The molecule has 0 aromatic heterocycles. The molecule has 0 saturated carbocycles. The summed E-state index contributed by atoms with van der Waals surface area (Å²) in [5.74, 6) is 0.204. The summed E-state index contributed by atoms with van der Waals surface area (Å²) < 4.78 is 5.07. The molecule has 2 rings (SSSR count). The highest BCUT2D eigenvalue weighted by atomic mass is 35.5. The fourth-order valence-electron chi connectivity index (χ4n) is 2.94. The zero-order valence-corrected chi connectivity index (χ0v) is 14.4. The molecule has 0 radical (unpaired) electrons. The van der Waals surface area contributed by atoms with E-state index in [-0.39, 0.29) is 36.8 Å². The first-order chi connectivity index (χ1) is 9.29. The minimum atomic E-state index is 0. The summed E-state index contributed by atoms with van der Waals surface area (Å²) in [6.07, 6.45) is 5.36. The Morgan fingerprint density at radius 2 is 2.00 bits per heavy atom. The van der Waals surface area contributed by atoms with Crippen molar-refractivity contribution < 1.29 is 9.53 Å². The Balaban J connectivity index is 0.00000200. The van der Waals surface area contributed by atoms with E-state index in [0.29, 0.717) is 6.04 Å². The van der Waals surface area contributed by atoms with Crippen LogP contribution in [0.25, 0.3) is 0 Å². The Morgan fingerprint density at radius 1 is 1.29 bits per heavy atom. The van der Waals surface area contributed by atoms with Gasteiger partial charge >= 0.3 is 0 Å². The van der Waals surface area contributed by atoms with Crippen LogP contribution >= 0.6 is 24.8 Å². The molecule has 2 N–H and O–H groups in total. The molecule has 2 heterocycles. The number of carbonyl (C=O) groups is 1. The summed E-state index contributed by atoms with van der Waals surface area (Å²) in [6.45, 7) is 5.11. The van der Waals surface area contributed by atoms with Crippen LogP contribution in [-0.2, 0) is 9.53 Å². The van der Waals surface area contributed by atoms with Crippen molar-refractivity contribution in [3.63, 3.8) is 0 Å². The summed E-state index contributed by atoms with van der Waals surface area (Å²) in [6, 6.07) is 0.424. The van der Waals surface area contributed by atoms with E-state index in [2.05, 4.69) is 15.5 Å². The maximum Gasteiger partial charge on any atom is 0.237 e. The van der Waals surface area contributed by atoms with E-state index in [4.69, 9.17) is 4.74 Å². The van der Waals surface area contributed by atoms with Crippen molar-refractivity contribution >= 4 is 30.7 Å². The van der Waals surface area contributed by atoms with Crippen molar-refractivity contribution in [2.24, 2.45) is 0 Å². The zero-order valence-electron chi connectivity index (χ0n) is 12.8. The van der Waals surface area contributed by atoms with E-state index < -0.39 is 0 Å². The van der Waals surface area contributed by atoms with E-state index >= 15 is 0 Å². The highest BCUT2D eigenvalue weighted by Gasteiger charge is 2.26. The van der Waals surface area contributed by atoms with E-state index in [9.17, 15) is 4.79 Å². The lowest BCUT2D eigenvalue weighted by Crippen LogP contribution is -2.49. The highest BCUT2D eigenvalue weighted by Crippen LogP contribution is 2.12. The Bertz CT molecular complexity index is 281. The summed E-state index contributed by atoms with van der Waals surface area (Å²) in [7, 11) is 1.75. The third kappa shape index (κ3) is 7.15. The molecule has 2 saturated heterocycles. The van der Waals surface area contributed by atoms with Gasteiger partial charge in [0.15, 0.2) is 0 Å². The summed E-state index contributed by atoms with van der Waals surface area (Å²) in [5.41, 5.74) is 0. The average Bonchev–Trinajstić information content (AvgIpc) is 2.95. The minimum absolute atomic E-state index is 0. The quantitative estimate of drug-likeness (QED) is 0.713. The van der Waals surface area contributed by atoms with Crippen molar-refractivity contribution in [3.8, 4) is 0 Å². The van der Waals surface area contributed by atoms with E-state index in [1.54, 1.807) is 7.11 Å². The first kappa shape index (κ1) is 20.9. The number of amides is 1. The molecule has 0 aromatic carbocycles. The largest absolute Gasteiger partial charge is 0.385 e. The second kappa shape index (κ2) is 11.5. The molecule has 0 aromatic rings. The average molecular weight is 342 g/mol. The summed E-state index contributed by atoms with van der Waals surface area (Å²) >= 11 is 0. The lowest BCUT2D eigenvalue weighted by Gasteiger charge is -2.32. The molecule has 0 bridgehead atoms. The van der Waals surface area contributed by atoms with Crippen molar-refractivity contribution in [3.05, 3.63) is 0 Å². The summed E-state index contributed by atoms with van der Waals surface area (Å²) in [5, 5.41) is 6.45. The van der Waals surface area contributed by atoms with Crippen molar-refractivity contribution in [2.75, 3.05) is 39.9 Å². The Hall–Kier alpha value is -0.0700. The van der Waals surface area contributed by atoms with Crippen LogP contribution < -0.4 is 10.6 Å². The van der Waals surface area contributed by atoms with Gasteiger partial charge in [0.2, 0.25) is 5.91 Å². The topological polar surface area (TPSA) is 53.6 Å². The molecule has 2 fully saturated rings. The fourth-order valence-corrected chi connectivity index (χ4v) is 2.94. The lowest BCUT2D eigenvalue weighted by molar-refractivity contribution is -0.123. The molecule has 1 amide bonds. The number of methoxy groups -OCH3 is 1. The van der Waals surface area contributed by atoms with Gasteiger partial charge in [-0.2, -0.15) is 0 Å². The van der Waals surface area contributed by atoms with Crippen molar-refractivity contribution in [1.82, 2.24) is 15.5 Å². The Labute approximate surface area is 140 Å². The van der Waals surface area contributed by atoms with Gasteiger partial charge < -0.3 is 20.3 Å². The molecule has 126 valence electrons. The van der Waals surface area contributed by atoms with Crippen LogP contribution in [0.4, 0.5) is 0 Å². The third-order valence-corrected chi connectivity index (χ3v) is 4.13. The standard InChI is InChI=1S/C14H27N3O2.2ClH/c1-19-11-3-8-17-9-5-12(6-10-17)16-14(18)13-4-2-7-15-13;;/h12-13,15H,2-11H2,1H3,(H,16,18);2*1H/t13-;;/m0../s1. The van der Waals surface area contributed by atoms with E-state index in [1.165, 1.54) is 0 Å². The Kier molecular flexibility index (Phi) is 11.5. The number of piperidine rings is 1. The van der Waals surface area contributed by atoms with Crippen LogP contribution in [0.15, 0.2) is 0 Å². The number of likely N-dealkylation sites (tertiary alicyclic amines) is 1. The smallest absolute Gasteiger partial charge is 0.237 e. The van der Waals surface area contributed by atoms with Gasteiger partial charge in [0, 0.05) is 39.4 Å². The van der Waals surface area contributed by atoms with Gasteiger partial charge in [-0.1, -0.05) is 0 Å². The van der Waals surface area contributed by atoms with Gasteiger partial charge in [-0.3, -0.25) is 4.79 Å². The zero-order chi connectivity index (χ0) is 13.5. The Morgan fingerprint density at radius 3 is 2.57 bits per heavy atom. The number of ether oxygens (including phenoxy) is 1. The molecule has 1 atom stereocenters. The molecule has 0 spiro atoms. The van der Waals surface area contributed by atoms with E-state index in [1.807, 2.05) is 0 Å². The lowest BCUT2D eigenvalue weighted by atomic mass is 10.0. The minimum Gasteiger partial charge on any atom is -0.385 e. The first-order valence-corrected chi connectivity index (χ1v) is 7.54. The molecular formula is C14H29Cl2N3O2. The predicted octanol–water partition coefficient (Wildman–Crippen LogP) is 1.20. The van der Waals surface area contributed by atoms with Gasteiger partial charge in [-0.05, 0) is 38.6 Å². The number of hydrogen-bond donors (Lipinski definition) is 2. The molecule has 7 heteroatoms. The van der Waals surface area contributed by atoms with Crippen molar-refractivity contribution in [1.29, 1.82) is 0 Å². The third-order valence-electron chi connectivity index (χ3n) is 4.13. The molecule has 2 aliphatic rings. The number of nitrogens with one attached hydrogen (secondary N) is 2. The molecule has 0 aliphatic carbocycles. The normalized spacial score (nSPS) is 23.2. The van der Waals surface area contributed by atoms with Crippen LogP contribution in [0, 0.1) is 0 Å². The monoisotopic (exact) mass is 341 g/mol.